The zero-order valence-corrected chi connectivity index (χ0v) is 22.6. The summed E-state index contributed by atoms with van der Waals surface area (Å²) in [6.07, 6.45) is -9.01. The minimum absolute atomic E-state index is 0.0215. The molecule has 1 aliphatic heterocycles. The number of rotatable bonds is 5. The molecule has 1 heterocycles. The van der Waals surface area contributed by atoms with Crippen LogP contribution in [-0.2, 0) is 10.8 Å². The van der Waals surface area contributed by atoms with Crippen LogP contribution in [0.4, 0.5) is 43.9 Å². The Morgan fingerprint density at radius 1 is 0.795 bits per heavy atom. The van der Waals surface area contributed by atoms with Crippen LogP contribution in [0.25, 0.3) is 21.9 Å². The molecule has 0 N–H and O–H groups in total. The van der Waals surface area contributed by atoms with Crippen molar-refractivity contribution in [1.82, 2.24) is 0 Å². The van der Waals surface area contributed by atoms with Crippen molar-refractivity contribution in [3.8, 4) is 28.7 Å². The number of halogens is 10. The van der Waals surface area contributed by atoms with Crippen LogP contribution in [-0.4, -0.2) is 12.8 Å². The first kappa shape index (κ1) is 31.2. The van der Waals surface area contributed by atoms with Crippen LogP contribution in [0, 0.1) is 46.8 Å². The lowest BCUT2D eigenvalue weighted by Gasteiger charge is -2.28. The Bertz CT molecular complexity index is 1770. The van der Waals surface area contributed by atoms with Crippen molar-refractivity contribution in [2.45, 2.75) is 38.2 Å². The predicted molar refractivity (Wildman–Crippen MR) is 140 cm³/mol. The van der Waals surface area contributed by atoms with Crippen LogP contribution in [0.1, 0.15) is 42.6 Å². The maximum atomic E-state index is 15.0. The van der Waals surface area contributed by atoms with Crippen molar-refractivity contribution >= 4 is 10.8 Å². The van der Waals surface area contributed by atoms with Gasteiger partial charge in [0, 0.05) is 29.5 Å². The molecule has 1 saturated heterocycles. The first-order chi connectivity index (χ1) is 20.6. The zero-order valence-electron chi connectivity index (χ0n) is 22.6. The highest BCUT2D eigenvalue weighted by atomic mass is 19.4. The molecule has 4 aromatic rings. The highest BCUT2D eigenvalue weighted by molar-refractivity contribution is 5.89. The monoisotopic (exact) mass is 626 g/mol. The van der Waals surface area contributed by atoms with E-state index >= 15 is 4.39 Å². The van der Waals surface area contributed by atoms with Crippen LogP contribution < -0.4 is 4.74 Å². The first-order valence-electron chi connectivity index (χ1n) is 13.1. The molecule has 4 aromatic carbocycles. The molecule has 12 heteroatoms. The summed E-state index contributed by atoms with van der Waals surface area (Å²) in [4.78, 5) is 0. The van der Waals surface area contributed by atoms with Gasteiger partial charge in [0.2, 0.25) is 0 Å². The van der Waals surface area contributed by atoms with Gasteiger partial charge < -0.3 is 9.47 Å². The largest absolute Gasteiger partial charge is 0.458 e. The third-order valence-electron chi connectivity index (χ3n) is 7.09. The van der Waals surface area contributed by atoms with Crippen LogP contribution in [0.2, 0.25) is 0 Å². The average Bonchev–Trinajstić information content (AvgIpc) is 2.91. The molecule has 44 heavy (non-hydrogen) atoms. The number of hydrogen-bond donors (Lipinski definition) is 0. The smallest absolute Gasteiger partial charge is 0.429 e. The molecule has 0 bridgehead atoms. The summed E-state index contributed by atoms with van der Waals surface area (Å²) >= 11 is 0. The molecule has 2 unspecified atom stereocenters. The molecule has 5 rings (SSSR count). The first-order valence-corrected chi connectivity index (χ1v) is 13.1. The van der Waals surface area contributed by atoms with E-state index in [2.05, 4.69) is 4.74 Å². The summed E-state index contributed by atoms with van der Waals surface area (Å²) in [6, 6.07) is 7.99. The van der Waals surface area contributed by atoms with Gasteiger partial charge in [0.1, 0.15) is 40.4 Å². The van der Waals surface area contributed by atoms with Gasteiger partial charge in [-0.2, -0.15) is 22.0 Å². The fraction of sp³-hybridized carbons (Fsp3) is 0.250. The summed E-state index contributed by atoms with van der Waals surface area (Å²) in [7, 11) is 0. The number of fused-ring (bicyclic) bond motifs is 1. The normalized spacial score (nSPS) is 17.3. The van der Waals surface area contributed by atoms with E-state index in [0.29, 0.717) is 25.2 Å². The summed E-state index contributed by atoms with van der Waals surface area (Å²) < 4.78 is 151. The summed E-state index contributed by atoms with van der Waals surface area (Å²) in [5, 5.41) is -0.454. The van der Waals surface area contributed by atoms with Crippen molar-refractivity contribution in [3.63, 3.8) is 0 Å². The third-order valence-corrected chi connectivity index (χ3v) is 7.09. The second kappa shape index (κ2) is 11.7. The highest BCUT2D eigenvalue weighted by Gasteiger charge is 2.42. The second-order valence-corrected chi connectivity index (χ2v) is 10.4. The Morgan fingerprint density at radius 3 is 2.11 bits per heavy atom. The molecular weight excluding hydrogens is 606 g/mol. The molecule has 1 aliphatic rings. The van der Waals surface area contributed by atoms with Gasteiger partial charge >= 0.3 is 12.3 Å². The quantitative estimate of drug-likeness (QED) is 0.162. The maximum absolute atomic E-state index is 15.0. The summed E-state index contributed by atoms with van der Waals surface area (Å²) in [6.45, 7) is 2.29. The molecule has 2 nitrogen and oxygen atoms in total. The van der Waals surface area contributed by atoms with Crippen molar-refractivity contribution in [2.24, 2.45) is 5.92 Å². The Morgan fingerprint density at radius 2 is 1.50 bits per heavy atom. The molecule has 0 amide bonds. The van der Waals surface area contributed by atoms with E-state index in [1.807, 2.05) is 6.92 Å². The lowest BCUT2D eigenvalue weighted by Crippen LogP contribution is -2.26. The van der Waals surface area contributed by atoms with E-state index in [1.54, 1.807) is 0 Å². The maximum Gasteiger partial charge on any atom is 0.458 e. The van der Waals surface area contributed by atoms with Gasteiger partial charge in [0.15, 0.2) is 0 Å². The molecular formula is C32H20F10O2. The molecule has 0 aliphatic carbocycles. The SMILES string of the molecule is CC1CCC(c2cc(F)c(C(F)(F)Oc3ccc(-c4ccc5c(F)c(C#CC(F)(F)F)c(F)cc5c4)c(F)c3)c(F)c2)OC1. The molecule has 0 saturated carbocycles. The standard InChI is InChI=1S/C32H20F10O2/c1-16-2-7-28(43-15-16)19-12-26(35)29(27(36)13-19)32(41,42)44-20-4-6-21(25(34)14-20)17-3-5-22-18(10-17)11-24(33)23(30(22)37)8-9-31(38,39)40/h3-6,10-14,16,28H,2,7,15H2,1H3. The van der Waals surface area contributed by atoms with Gasteiger partial charge in [0.05, 0.1) is 11.7 Å². The van der Waals surface area contributed by atoms with E-state index in [9.17, 15) is 39.5 Å². The Labute approximate surface area is 244 Å². The lowest BCUT2D eigenvalue weighted by molar-refractivity contribution is -0.189. The number of hydrogen-bond acceptors (Lipinski definition) is 2. The lowest BCUT2D eigenvalue weighted by atomic mass is 9.95. The zero-order chi connectivity index (χ0) is 32.0. The van der Waals surface area contributed by atoms with E-state index < -0.39 is 64.4 Å². The van der Waals surface area contributed by atoms with Crippen LogP contribution >= 0.6 is 0 Å². The topological polar surface area (TPSA) is 18.5 Å². The van der Waals surface area contributed by atoms with Crippen molar-refractivity contribution < 1.29 is 53.4 Å². The number of ether oxygens (including phenoxy) is 2. The summed E-state index contributed by atoms with van der Waals surface area (Å²) in [5.74, 6) is -5.35. The molecule has 2 atom stereocenters. The minimum Gasteiger partial charge on any atom is -0.429 e. The average molecular weight is 626 g/mol. The molecule has 230 valence electrons. The Hall–Kier alpha value is -4.24. The van der Waals surface area contributed by atoms with Crippen LogP contribution in [0.5, 0.6) is 5.75 Å². The van der Waals surface area contributed by atoms with Crippen LogP contribution in [0.3, 0.4) is 0 Å². The fourth-order valence-electron chi connectivity index (χ4n) is 4.94. The van der Waals surface area contributed by atoms with Crippen LogP contribution in [0.15, 0.2) is 54.6 Å². The highest BCUT2D eigenvalue weighted by Crippen LogP contribution is 2.39. The van der Waals surface area contributed by atoms with Gasteiger partial charge in [0.25, 0.3) is 0 Å². The molecule has 0 aromatic heterocycles. The van der Waals surface area contributed by atoms with Crippen molar-refractivity contribution in [1.29, 1.82) is 0 Å². The van der Waals surface area contributed by atoms with Gasteiger partial charge in [-0.15, -0.1) is 0 Å². The second-order valence-electron chi connectivity index (χ2n) is 10.4. The predicted octanol–water partition coefficient (Wildman–Crippen LogP) is 9.73. The number of alkyl halides is 5. The molecule has 1 fully saturated rings. The Balaban J connectivity index is 1.40. The molecule has 0 radical (unpaired) electrons. The van der Waals surface area contributed by atoms with E-state index in [1.165, 1.54) is 12.0 Å². The van der Waals surface area contributed by atoms with Gasteiger partial charge in [-0.1, -0.05) is 25.0 Å². The van der Waals surface area contributed by atoms with Crippen molar-refractivity contribution in [3.05, 3.63) is 100 Å². The van der Waals surface area contributed by atoms with E-state index in [-0.39, 0.29) is 33.4 Å². The van der Waals surface area contributed by atoms with Crippen molar-refractivity contribution in [2.75, 3.05) is 6.61 Å². The third kappa shape index (κ3) is 6.48. The van der Waals surface area contributed by atoms with Gasteiger partial charge in [-0.3, -0.25) is 0 Å². The fourth-order valence-corrected chi connectivity index (χ4v) is 4.94. The molecule has 0 spiro atoms. The minimum atomic E-state index is -4.98. The number of benzene rings is 4. The van der Waals surface area contributed by atoms with Gasteiger partial charge in [-0.05, 0) is 71.7 Å². The summed E-state index contributed by atoms with van der Waals surface area (Å²) in [5.41, 5.74) is -2.92. The van der Waals surface area contributed by atoms with E-state index in [4.69, 9.17) is 4.74 Å². The van der Waals surface area contributed by atoms with E-state index in [0.717, 1.165) is 48.7 Å². The Kier molecular flexibility index (Phi) is 8.29. The van der Waals surface area contributed by atoms with Gasteiger partial charge in [-0.25, -0.2) is 22.0 Å².